The fraction of sp³-hybridized carbons (Fsp3) is 0.478. The Morgan fingerprint density at radius 2 is 1.93 bits per heavy atom. The van der Waals surface area contributed by atoms with Crippen LogP contribution in [0.5, 0.6) is 0 Å². The van der Waals surface area contributed by atoms with Gasteiger partial charge < -0.3 is 15.4 Å². The molecule has 0 atom stereocenters. The van der Waals surface area contributed by atoms with Gasteiger partial charge in [0.1, 0.15) is 5.00 Å². The quantitative estimate of drug-likeness (QED) is 0.738. The Hall–Kier alpha value is -2.18. The highest BCUT2D eigenvalue weighted by molar-refractivity contribution is 7.17. The number of hydrogen-bond acceptors (Lipinski definition) is 4. The molecule has 2 aromatic rings. The molecule has 1 aliphatic heterocycles. The van der Waals surface area contributed by atoms with Crippen LogP contribution in [0.15, 0.2) is 30.3 Å². The summed E-state index contributed by atoms with van der Waals surface area (Å²) in [6.45, 7) is 3.78. The standard InChI is InChI=1S/C23H28N2O3S/c1-2-13-24-20(26)19-17-10-14-28-15-18(17)29-21(19)25-22(27)23(11-6-7-12-23)16-8-4-3-5-9-16/h3-5,8-9H,2,6-7,10-15H2,1H3,(H,24,26)(H,25,27). The number of benzene rings is 1. The van der Waals surface area contributed by atoms with E-state index >= 15 is 0 Å². The lowest BCUT2D eigenvalue weighted by Crippen LogP contribution is -2.38. The highest BCUT2D eigenvalue weighted by Crippen LogP contribution is 2.43. The Balaban J connectivity index is 1.67. The number of rotatable bonds is 6. The van der Waals surface area contributed by atoms with Gasteiger partial charge in [0.2, 0.25) is 5.91 Å². The summed E-state index contributed by atoms with van der Waals surface area (Å²) in [5, 5.41) is 6.82. The van der Waals surface area contributed by atoms with E-state index in [1.165, 1.54) is 11.3 Å². The molecule has 5 nitrogen and oxygen atoms in total. The Bertz CT molecular complexity index is 885. The fourth-order valence-electron chi connectivity index (χ4n) is 4.49. The van der Waals surface area contributed by atoms with Crippen molar-refractivity contribution in [3.63, 3.8) is 0 Å². The zero-order valence-corrected chi connectivity index (χ0v) is 17.7. The fourth-order valence-corrected chi connectivity index (χ4v) is 5.67. The van der Waals surface area contributed by atoms with Gasteiger partial charge in [-0.25, -0.2) is 0 Å². The van der Waals surface area contributed by atoms with Gasteiger partial charge in [0, 0.05) is 11.4 Å². The van der Waals surface area contributed by atoms with Crippen LogP contribution in [0.3, 0.4) is 0 Å². The van der Waals surface area contributed by atoms with Gasteiger partial charge in [-0.05, 0) is 36.8 Å². The van der Waals surface area contributed by atoms with Crippen LogP contribution in [0.25, 0.3) is 0 Å². The van der Waals surface area contributed by atoms with E-state index in [0.29, 0.717) is 36.7 Å². The number of carbonyl (C=O) groups is 2. The normalized spacial score (nSPS) is 17.6. The molecule has 0 unspecified atom stereocenters. The maximum Gasteiger partial charge on any atom is 0.254 e. The van der Waals surface area contributed by atoms with Crippen molar-refractivity contribution in [2.24, 2.45) is 0 Å². The second-order valence-electron chi connectivity index (χ2n) is 7.88. The molecule has 1 aromatic carbocycles. The van der Waals surface area contributed by atoms with E-state index in [2.05, 4.69) is 10.6 Å². The maximum atomic E-state index is 13.6. The minimum Gasteiger partial charge on any atom is -0.376 e. The summed E-state index contributed by atoms with van der Waals surface area (Å²) in [6, 6.07) is 10.1. The van der Waals surface area contributed by atoms with Crippen molar-refractivity contribution in [1.82, 2.24) is 5.32 Å². The molecule has 1 saturated carbocycles. The lowest BCUT2D eigenvalue weighted by atomic mass is 9.78. The molecule has 0 spiro atoms. The molecule has 154 valence electrons. The van der Waals surface area contributed by atoms with Crippen molar-refractivity contribution in [2.45, 2.75) is 57.5 Å². The van der Waals surface area contributed by atoms with Crippen LogP contribution in [-0.4, -0.2) is 25.0 Å². The number of hydrogen-bond donors (Lipinski definition) is 2. The first-order valence-corrected chi connectivity index (χ1v) is 11.3. The molecule has 6 heteroatoms. The average Bonchev–Trinajstić information content (AvgIpc) is 3.38. The number of thiophene rings is 1. The van der Waals surface area contributed by atoms with Crippen molar-refractivity contribution in [2.75, 3.05) is 18.5 Å². The summed E-state index contributed by atoms with van der Waals surface area (Å²) in [6.07, 6.45) is 5.35. The summed E-state index contributed by atoms with van der Waals surface area (Å²) in [7, 11) is 0. The van der Waals surface area contributed by atoms with Crippen LogP contribution >= 0.6 is 11.3 Å². The SMILES string of the molecule is CCCNC(=O)c1c(NC(=O)C2(c3ccccc3)CCCC2)sc2c1CCOC2. The molecule has 0 bridgehead atoms. The summed E-state index contributed by atoms with van der Waals surface area (Å²) >= 11 is 1.49. The molecule has 29 heavy (non-hydrogen) atoms. The largest absolute Gasteiger partial charge is 0.376 e. The topological polar surface area (TPSA) is 67.4 Å². The monoisotopic (exact) mass is 412 g/mol. The maximum absolute atomic E-state index is 13.6. The van der Waals surface area contributed by atoms with Crippen LogP contribution in [0.4, 0.5) is 5.00 Å². The van der Waals surface area contributed by atoms with E-state index in [-0.39, 0.29) is 11.8 Å². The van der Waals surface area contributed by atoms with Gasteiger partial charge in [0.15, 0.2) is 0 Å². The Morgan fingerprint density at radius 1 is 1.17 bits per heavy atom. The minimum absolute atomic E-state index is 0.00487. The van der Waals surface area contributed by atoms with Crippen molar-refractivity contribution in [1.29, 1.82) is 0 Å². The van der Waals surface area contributed by atoms with Crippen LogP contribution < -0.4 is 10.6 Å². The summed E-state index contributed by atoms with van der Waals surface area (Å²) in [4.78, 5) is 27.5. The molecule has 2 heterocycles. The molecule has 2 aliphatic rings. The van der Waals surface area contributed by atoms with Gasteiger partial charge in [-0.2, -0.15) is 0 Å². The van der Waals surface area contributed by atoms with Crippen molar-refractivity contribution >= 4 is 28.2 Å². The Morgan fingerprint density at radius 3 is 2.66 bits per heavy atom. The van der Waals surface area contributed by atoms with Gasteiger partial charge in [-0.3, -0.25) is 9.59 Å². The summed E-state index contributed by atoms with van der Waals surface area (Å²) in [5.41, 5.74) is 2.22. The molecule has 1 aliphatic carbocycles. The summed E-state index contributed by atoms with van der Waals surface area (Å²) < 4.78 is 5.59. The molecule has 4 rings (SSSR count). The zero-order chi connectivity index (χ0) is 20.3. The van der Waals surface area contributed by atoms with E-state index in [1.807, 2.05) is 37.3 Å². The van der Waals surface area contributed by atoms with Crippen molar-refractivity contribution in [3.05, 3.63) is 51.9 Å². The molecule has 2 amide bonds. The third-order valence-electron chi connectivity index (χ3n) is 6.03. The minimum atomic E-state index is -0.514. The molecule has 2 N–H and O–H groups in total. The van der Waals surface area contributed by atoms with Gasteiger partial charge in [-0.1, -0.05) is 50.1 Å². The lowest BCUT2D eigenvalue weighted by Gasteiger charge is -2.28. The Labute approximate surface area is 175 Å². The third kappa shape index (κ3) is 3.83. The second kappa shape index (κ2) is 8.67. The first-order valence-electron chi connectivity index (χ1n) is 10.5. The predicted molar refractivity (Wildman–Crippen MR) is 116 cm³/mol. The van der Waals surface area contributed by atoms with Gasteiger partial charge in [-0.15, -0.1) is 11.3 Å². The highest BCUT2D eigenvalue weighted by atomic mass is 32.1. The van der Waals surface area contributed by atoms with Crippen molar-refractivity contribution in [3.8, 4) is 0 Å². The van der Waals surface area contributed by atoms with Gasteiger partial charge >= 0.3 is 0 Å². The molecular formula is C23H28N2O3S. The van der Waals surface area contributed by atoms with Crippen molar-refractivity contribution < 1.29 is 14.3 Å². The first kappa shape index (κ1) is 20.1. The lowest BCUT2D eigenvalue weighted by molar-refractivity contribution is -0.121. The summed E-state index contributed by atoms with van der Waals surface area (Å²) in [5.74, 6) is -0.0908. The third-order valence-corrected chi connectivity index (χ3v) is 7.15. The molecular weight excluding hydrogens is 384 g/mol. The van der Waals surface area contributed by atoms with Crippen LogP contribution in [-0.2, 0) is 28.0 Å². The van der Waals surface area contributed by atoms with Crippen LogP contribution in [0.2, 0.25) is 0 Å². The van der Waals surface area contributed by atoms with Gasteiger partial charge in [0.25, 0.3) is 5.91 Å². The van der Waals surface area contributed by atoms with Crippen LogP contribution in [0.1, 0.15) is 65.4 Å². The van der Waals surface area contributed by atoms with E-state index in [9.17, 15) is 9.59 Å². The smallest absolute Gasteiger partial charge is 0.254 e. The number of anilines is 1. The van der Waals surface area contributed by atoms with E-state index < -0.39 is 5.41 Å². The number of carbonyl (C=O) groups excluding carboxylic acids is 2. The number of amides is 2. The Kier molecular flexibility index (Phi) is 6.01. The average molecular weight is 413 g/mol. The van der Waals surface area contributed by atoms with Gasteiger partial charge in [0.05, 0.1) is 24.2 Å². The number of nitrogens with one attached hydrogen (secondary N) is 2. The highest BCUT2D eigenvalue weighted by Gasteiger charge is 2.43. The molecule has 1 fully saturated rings. The molecule has 0 radical (unpaired) electrons. The van der Waals surface area contributed by atoms with E-state index in [0.717, 1.165) is 48.1 Å². The first-order chi connectivity index (χ1) is 14.2. The van der Waals surface area contributed by atoms with Crippen LogP contribution in [0, 0.1) is 0 Å². The van der Waals surface area contributed by atoms with E-state index in [4.69, 9.17) is 4.74 Å². The molecule has 1 aromatic heterocycles. The number of fused-ring (bicyclic) bond motifs is 1. The number of ether oxygens (including phenoxy) is 1. The zero-order valence-electron chi connectivity index (χ0n) is 16.9. The predicted octanol–water partition coefficient (Wildman–Crippen LogP) is 4.41. The van der Waals surface area contributed by atoms with E-state index in [1.54, 1.807) is 0 Å². The molecule has 0 saturated heterocycles. The second-order valence-corrected chi connectivity index (χ2v) is 8.98.